The molecule has 1 aliphatic heterocycles. The summed E-state index contributed by atoms with van der Waals surface area (Å²) in [6.45, 7) is 3.03. The van der Waals surface area contributed by atoms with Crippen LogP contribution >= 0.6 is 0 Å². The first kappa shape index (κ1) is 11.1. The third kappa shape index (κ3) is 2.83. The maximum absolute atomic E-state index is 11.7. The Hall–Kier alpha value is -1.35. The van der Waals surface area contributed by atoms with Gasteiger partial charge in [-0.3, -0.25) is 4.79 Å². The van der Waals surface area contributed by atoms with E-state index in [0.717, 1.165) is 12.0 Å². The van der Waals surface area contributed by atoms with Gasteiger partial charge in [0.25, 0.3) is 0 Å². The molecule has 3 heteroatoms. The minimum Gasteiger partial charge on any atom is -0.461 e. The van der Waals surface area contributed by atoms with Gasteiger partial charge in [-0.2, -0.15) is 0 Å². The number of carbonyl (C=O) groups excluding carboxylic acids is 1. The van der Waals surface area contributed by atoms with E-state index in [4.69, 9.17) is 9.47 Å². The van der Waals surface area contributed by atoms with E-state index in [-0.39, 0.29) is 18.0 Å². The van der Waals surface area contributed by atoms with E-state index in [1.807, 2.05) is 37.3 Å². The molecule has 1 heterocycles. The van der Waals surface area contributed by atoms with Crippen molar-refractivity contribution in [2.45, 2.75) is 26.1 Å². The van der Waals surface area contributed by atoms with Gasteiger partial charge in [0.1, 0.15) is 6.61 Å². The number of ether oxygens (including phenoxy) is 2. The summed E-state index contributed by atoms with van der Waals surface area (Å²) in [7, 11) is 0. The fourth-order valence-electron chi connectivity index (χ4n) is 1.70. The maximum atomic E-state index is 11.7. The smallest absolute Gasteiger partial charge is 0.311 e. The molecular weight excluding hydrogens is 204 g/mol. The highest BCUT2D eigenvalue weighted by Crippen LogP contribution is 2.24. The maximum Gasteiger partial charge on any atom is 0.311 e. The molecule has 0 bridgehead atoms. The second-order valence-corrected chi connectivity index (χ2v) is 3.98. The highest BCUT2D eigenvalue weighted by molar-refractivity contribution is 5.73. The summed E-state index contributed by atoms with van der Waals surface area (Å²) < 4.78 is 10.4. The SMILES string of the molecule is CCC(C(=O)OCc1ccccc1)C1CO1. The Bertz CT molecular complexity index is 343. The lowest BCUT2D eigenvalue weighted by molar-refractivity contribution is -0.150. The van der Waals surface area contributed by atoms with Crippen LogP contribution in [0.25, 0.3) is 0 Å². The lowest BCUT2D eigenvalue weighted by Crippen LogP contribution is -2.22. The zero-order valence-electron chi connectivity index (χ0n) is 9.39. The molecule has 1 fully saturated rings. The number of esters is 1. The van der Waals surface area contributed by atoms with E-state index in [0.29, 0.717) is 13.2 Å². The number of benzene rings is 1. The highest BCUT2D eigenvalue weighted by Gasteiger charge is 2.37. The average molecular weight is 220 g/mol. The van der Waals surface area contributed by atoms with Gasteiger partial charge in [0.2, 0.25) is 0 Å². The standard InChI is InChI=1S/C13H16O3/c1-2-11(12-9-15-12)13(14)16-8-10-6-4-3-5-7-10/h3-7,11-12H,2,8-9H2,1H3. The molecule has 0 aromatic heterocycles. The first-order valence-electron chi connectivity index (χ1n) is 5.63. The Morgan fingerprint density at radius 1 is 1.50 bits per heavy atom. The number of hydrogen-bond donors (Lipinski definition) is 0. The van der Waals surface area contributed by atoms with Crippen molar-refractivity contribution in [2.75, 3.05) is 6.61 Å². The monoisotopic (exact) mass is 220 g/mol. The average Bonchev–Trinajstić information content (AvgIpc) is 3.13. The molecule has 0 radical (unpaired) electrons. The van der Waals surface area contributed by atoms with Gasteiger partial charge in [-0.25, -0.2) is 0 Å². The van der Waals surface area contributed by atoms with Gasteiger partial charge in [-0.15, -0.1) is 0 Å². The summed E-state index contributed by atoms with van der Waals surface area (Å²) in [4.78, 5) is 11.7. The van der Waals surface area contributed by atoms with Crippen molar-refractivity contribution >= 4 is 5.97 Å². The van der Waals surface area contributed by atoms with Crippen LogP contribution in [0.15, 0.2) is 30.3 Å². The Labute approximate surface area is 95.4 Å². The molecule has 86 valence electrons. The highest BCUT2D eigenvalue weighted by atomic mass is 16.6. The van der Waals surface area contributed by atoms with Gasteiger partial charge >= 0.3 is 5.97 Å². The molecular formula is C13H16O3. The predicted molar refractivity (Wildman–Crippen MR) is 59.8 cm³/mol. The topological polar surface area (TPSA) is 38.8 Å². The van der Waals surface area contributed by atoms with E-state index >= 15 is 0 Å². The normalized spacial score (nSPS) is 20.2. The van der Waals surface area contributed by atoms with E-state index in [2.05, 4.69) is 0 Å². The van der Waals surface area contributed by atoms with E-state index in [1.165, 1.54) is 0 Å². The van der Waals surface area contributed by atoms with Gasteiger partial charge < -0.3 is 9.47 Å². The molecule has 0 spiro atoms. The van der Waals surface area contributed by atoms with Crippen LogP contribution < -0.4 is 0 Å². The van der Waals surface area contributed by atoms with E-state index in [9.17, 15) is 4.79 Å². The largest absolute Gasteiger partial charge is 0.461 e. The minimum absolute atomic E-state index is 0.0910. The van der Waals surface area contributed by atoms with Gasteiger partial charge in [0.15, 0.2) is 0 Å². The summed E-state index contributed by atoms with van der Waals surface area (Å²) in [6, 6.07) is 9.71. The Kier molecular flexibility index (Phi) is 3.57. The molecule has 1 aromatic carbocycles. The zero-order chi connectivity index (χ0) is 11.4. The molecule has 1 aromatic rings. The number of epoxide rings is 1. The Morgan fingerprint density at radius 2 is 2.19 bits per heavy atom. The quantitative estimate of drug-likeness (QED) is 0.563. The van der Waals surface area contributed by atoms with E-state index in [1.54, 1.807) is 0 Å². The van der Waals surface area contributed by atoms with Crippen molar-refractivity contribution in [1.29, 1.82) is 0 Å². The molecule has 0 N–H and O–H groups in total. The number of carbonyl (C=O) groups is 1. The van der Waals surface area contributed by atoms with Crippen molar-refractivity contribution in [3.8, 4) is 0 Å². The molecule has 0 amide bonds. The molecule has 3 nitrogen and oxygen atoms in total. The molecule has 16 heavy (non-hydrogen) atoms. The fraction of sp³-hybridized carbons (Fsp3) is 0.462. The molecule has 1 aliphatic rings. The van der Waals surface area contributed by atoms with Crippen LogP contribution in [0.5, 0.6) is 0 Å². The van der Waals surface area contributed by atoms with Crippen LogP contribution in [0, 0.1) is 5.92 Å². The van der Waals surface area contributed by atoms with Crippen molar-refractivity contribution < 1.29 is 14.3 Å². The van der Waals surface area contributed by atoms with Crippen LogP contribution in [0.2, 0.25) is 0 Å². The van der Waals surface area contributed by atoms with Crippen molar-refractivity contribution in [3.05, 3.63) is 35.9 Å². The van der Waals surface area contributed by atoms with Gasteiger partial charge in [-0.1, -0.05) is 37.3 Å². The second kappa shape index (κ2) is 5.12. The lowest BCUT2D eigenvalue weighted by atomic mass is 10.0. The van der Waals surface area contributed by atoms with Crippen molar-refractivity contribution in [3.63, 3.8) is 0 Å². The predicted octanol–water partition coefficient (Wildman–Crippen LogP) is 2.15. The third-order valence-corrected chi connectivity index (χ3v) is 2.77. The van der Waals surface area contributed by atoms with E-state index < -0.39 is 0 Å². The first-order chi connectivity index (χ1) is 7.81. The summed E-state index contributed by atoms with van der Waals surface area (Å²) >= 11 is 0. The first-order valence-corrected chi connectivity index (χ1v) is 5.63. The molecule has 2 rings (SSSR count). The summed E-state index contributed by atoms with van der Waals surface area (Å²) in [5.74, 6) is -0.238. The third-order valence-electron chi connectivity index (χ3n) is 2.77. The molecule has 1 saturated heterocycles. The zero-order valence-corrected chi connectivity index (χ0v) is 9.39. The van der Waals surface area contributed by atoms with Crippen molar-refractivity contribution in [1.82, 2.24) is 0 Å². The summed E-state index contributed by atoms with van der Waals surface area (Å²) in [5, 5.41) is 0. The summed E-state index contributed by atoms with van der Waals surface area (Å²) in [5.41, 5.74) is 1.02. The lowest BCUT2D eigenvalue weighted by Gasteiger charge is -2.11. The fourth-order valence-corrected chi connectivity index (χ4v) is 1.70. The number of rotatable bonds is 5. The second-order valence-electron chi connectivity index (χ2n) is 3.98. The van der Waals surface area contributed by atoms with Crippen LogP contribution in [0.4, 0.5) is 0 Å². The van der Waals surface area contributed by atoms with Gasteiger partial charge in [0, 0.05) is 0 Å². The van der Waals surface area contributed by atoms with Gasteiger partial charge in [0.05, 0.1) is 18.6 Å². The molecule has 2 unspecified atom stereocenters. The Morgan fingerprint density at radius 3 is 2.75 bits per heavy atom. The van der Waals surface area contributed by atoms with Crippen LogP contribution in [0.1, 0.15) is 18.9 Å². The Balaban J connectivity index is 1.83. The molecule has 0 aliphatic carbocycles. The number of hydrogen-bond acceptors (Lipinski definition) is 3. The van der Waals surface area contributed by atoms with Gasteiger partial charge in [-0.05, 0) is 12.0 Å². The van der Waals surface area contributed by atoms with Crippen LogP contribution in [0.3, 0.4) is 0 Å². The minimum atomic E-state index is -0.145. The van der Waals surface area contributed by atoms with Crippen molar-refractivity contribution in [2.24, 2.45) is 5.92 Å². The molecule has 2 atom stereocenters. The van der Waals surface area contributed by atoms with Crippen LogP contribution in [-0.4, -0.2) is 18.7 Å². The molecule has 0 saturated carbocycles. The van der Waals surface area contributed by atoms with Crippen LogP contribution in [-0.2, 0) is 20.9 Å². The summed E-state index contributed by atoms with van der Waals surface area (Å²) in [6.07, 6.45) is 0.867.